The second kappa shape index (κ2) is 6.62. The molecule has 0 fully saturated rings. The lowest BCUT2D eigenvalue weighted by Gasteiger charge is -2.09. The summed E-state index contributed by atoms with van der Waals surface area (Å²) in [4.78, 5) is 26.0. The summed E-state index contributed by atoms with van der Waals surface area (Å²) in [5.74, 6) is -0.557. The van der Waals surface area contributed by atoms with Crippen molar-refractivity contribution in [1.29, 1.82) is 0 Å². The van der Waals surface area contributed by atoms with Crippen LogP contribution in [0.3, 0.4) is 0 Å². The van der Waals surface area contributed by atoms with Gasteiger partial charge in [0.15, 0.2) is 0 Å². The van der Waals surface area contributed by atoms with Crippen LogP contribution in [-0.4, -0.2) is 16.8 Å². The summed E-state index contributed by atoms with van der Waals surface area (Å²) in [5.41, 5.74) is 5.94. The third kappa shape index (κ3) is 5.65. The summed E-state index contributed by atoms with van der Waals surface area (Å²) < 4.78 is 0. The smallest absolute Gasteiger partial charge is 0.224 e. The minimum atomic E-state index is -0.378. The number of amides is 2. The molecule has 0 spiro atoms. The Balaban J connectivity index is 2.28. The first-order valence-electron chi connectivity index (χ1n) is 5.38. The molecule has 3 N–H and O–H groups in total. The molecule has 0 aromatic carbocycles. The molecule has 91 valence electrons. The number of hydrogen-bond acceptors (Lipinski definition) is 3. The Hall–Kier alpha value is -1.91. The molecule has 5 nitrogen and oxygen atoms in total. The molecule has 0 aliphatic carbocycles. The van der Waals surface area contributed by atoms with Crippen LogP contribution >= 0.6 is 0 Å². The van der Waals surface area contributed by atoms with Gasteiger partial charge in [0.25, 0.3) is 0 Å². The zero-order valence-electron chi connectivity index (χ0n) is 9.72. The number of carbonyl (C=O) groups is 2. The number of nitrogens with two attached hydrogens (primary N) is 1. The van der Waals surface area contributed by atoms with E-state index in [0.717, 1.165) is 5.56 Å². The summed E-state index contributed by atoms with van der Waals surface area (Å²) in [6.07, 6.45) is 3.81. The molecule has 0 saturated carbocycles. The highest BCUT2D eigenvalue weighted by Crippen LogP contribution is 2.03. The molecule has 0 aliphatic rings. The van der Waals surface area contributed by atoms with E-state index >= 15 is 0 Å². The van der Waals surface area contributed by atoms with E-state index < -0.39 is 0 Å². The van der Waals surface area contributed by atoms with E-state index in [1.54, 1.807) is 31.1 Å². The van der Waals surface area contributed by atoms with E-state index in [4.69, 9.17) is 5.73 Å². The fraction of sp³-hybridized carbons (Fsp3) is 0.333. The summed E-state index contributed by atoms with van der Waals surface area (Å²) in [7, 11) is 0. The molecule has 1 atom stereocenters. The fourth-order valence-electron chi connectivity index (χ4n) is 1.35. The van der Waals surface area contributed by atoms with Crippen molar-refractivity contribution in [2.45, 2.75) is 19.8 Å². The number of aromatic nitrogens is 1. The van der Waals surface area contributed by atoms with Gasteiger partial charge in [-0.25, -0.2) is 0 Å². The molecular formula is C12H16N3O2. The highest BCUT2D eigenvalue weighted by molar-refractivity contribution is 5.79. The lowest BCUT2D eigenvalue weighted by molar-refractivity contribution is -0.121. The van der Waals surface area contributed by atoms with E-state index in [2.05, 4.69) is 10.3 Å². The topological polar surface area (TPSA) is 85.1 Å². The normalized spacial score (nSPS) is 11.8. The van der Waals surface area contributed by atoms with Crippen molar-refractivity contribution in [1.82, 2.24) is 10.3 Å². The Bertz CT molecular complexity index is 379. The molecule has 0 unspecified atom stereocenters. The molecule has 5 heteroatoms. The molecule has 1 heterocycles. The number of pyridine rings is 1. The van der Waals surface area contributed by atoms with Crippen molar-refractivity contribution in [2.24, 2.45) is 11.7 Å². The van der Waals surface area contributed by atoms with Crippen molar-refractivity contribution >= 4 is 11.8 Å². The molecule has 17 heavy (non-hydrogen) atoms. The minimum absolute atomic E-state index is 0.0612. The van der Waals surface area contributed by atoms with Crippen LogP contribution in [0.1, 0.15) is 18.9 Å². The quantitative estimate of drug-likeness (QED) is 0.747. The van der Waals surface area contributed by atoms with Crippen molar-refractivity contribution in [3.05, 3.63) is 36.6 Å². The number of primary amides is 1. The van der Waals surface area contributed by atoms with E-state index in [0.29, 0.717) is 6.42 Å². The molecule has 0 aliphatic heterocycles. The highest BCUT2D eigenvalue weighted by Gasteiger charge is 2.09. The van der Waals surface area contributed by atoms with Gasteiger partial charge in [-0.05, 0) is 23.6 Å². The van der Waals surface area contributed by atoms with Gasteiger partial charge >= 0.3 is 0 Å². The summed E-state index contributed by atoms with van der Waals surface area (Å²) in [6, 6.07) is 3.57. The number of nitrogens with one attached hydrogen (secondary N) is 1. The standard InChI is InChI=1S/C12H16N3O2/c1-9(6-11(13)16)8-15-12(17)7-10-2-4-14-5-3-10/h2-5,8-9H,6-7H2,1H3,(H2,13,16)(H,15,17)/t9-/m0/s1. The minimum Gasteiger partial charge on any atom is -0.370 e. The first-order valence-corrected chi connectivity index (χ1v) is 5.38. The zero-order valence-corrected chi connectivity index (χ0v) is 9.72. The van der Waals surface area contributed by atoms with E-state index in [-0.39, 0.29) is 24.2 Å². The largest absolute Gasteiger partial charge is 0.370 e. The Morgan fingerprint density at radius 3 is 2.71 bits per heavy atom. The molecule has 1 radical (unpaired) electrons. The van der Waals surface area contributed by atoms with Gasteiger partial charge in [0.05, 0.1) is 13.0 Å². The molecule has 1 aromatic heterocycles. The van der Waals surface area contributed by atoms with Crippen LogP contribution < -0.4 is 11.1 Å². The Morgan fingerprint density at radius 2 is 2.12 bits per heavy atom. The van der Waals surface area contributed by atoms with Crippen LogP contribution in [-0.2, 0) is 16.0 Å². The third-order valence-electron chi connectivity index (χ3n) is 2.17. The maximum atomic E-state index is 11.5. The first-order chi connectivity index (χ1) is 8.08. The van der Waals surface area contributed by atoms with Crippen molar-refractivity contribution in [3.63, 3.8) is 0 Å². The van der Waals surface area contributed by atoms with Gasteiger partial charge < -0.3 is 11.1 Å². The predicted molar refractivity (Wildman–Crippen MR) is 63.4 cm³/mol. The van der Waals surface area contributed by atoms with Crippen LogP contribution in [0.4, 0.5) is 0 Å². The second-order valence-corrected chi connectivity index (χ2v) is 3.91. The summed E-state index contributed by atoms with van der Waals surface area (Å²) in [5, 5.41) is 2.64. The SMILES string of the molecule is C[C@H]([CH]NC(=O)Cc1ccncc1)CC(N)=O. The van der Waals surface area contributed by atoms with Crippen molar-refractivity contribution in [2.75, 3.05) is 0 Å². The first kappa shape index (κ1) is 13.2. The highest BCUT2D eigenvalue weighted by atomic mass is 16.2. The van der Waals surface area contributed by atoms with Crippen LogP contribution in [0, 0.1) is 12.5 Å². The number of hydrogen-bond donors (Lipinski definition) is 2. The van der Waals surface area contributed by atoms with Crippen LogP contribution in [0.2, 0.25) is 0 Å². The maximum absolute atomic E-state index is 11.5. The molecule has 2 amide bonds. The van der Waals surface area contributed by atoms with Gasteiger partial charge in [-0.2, -0.15) is 0 Å². The Labute approximate surface area is 100 Å². The van der Waals surface area contributed by atoms with Gasteiger partial charge in [0, 0.05) is 18.8 Å². The number of carbonyl (C=O) groups excluding carboxylic acids is 2. The Kier molecular flexibility index (Phi) is 5.13. The molecular weight excluding hydrogens is 218 g/mol. The lowest BCUT2D eigenvalue weighted by atomic mass is 10.1. The van der Waals surface area contributed by atoms with E-state index in [1.165, 1.54) is 0 Å². The average Bonchev–Trinajstić information content (AvgIpc) is 2.27. The second-order valence-electron chi connectivity index (χ2n) is 3.91. The van der Waals surface area contributed by atoms with Gasteiger partial charge in [-0.3, -0.25) is 14.6 Å². The molecule has 0 bridgehead atoms. The number of rotatable bonds is 6. The van der Waals surface area contributed by atoms with Gasteiger partial charge in [-0.15, -0.1) is 0 Å². The van der Waals surface area contributed by atoms with Gasteiger partial charge in [0.1, 0.15) is 0 Å². The van der Waals surface area contributed by atoms with Crippen LogP contribution in [0.5, 0.6) is 0 Å². The van der Waals surface area contributed by atoms with E-state index in [1.807, 2.05) is 6.92 Å². The monoisotopic (exact) mass is 234 g/mol. The lowest BCUT2D eigenvalue weighted by Crippen LogP contribution is -2.27. The predicted octanol–water partition coefficient (Wildman–Crippen LogP) is 0.414. The van der Waals surface area contributed by atoms with Gasteiger partial charge in [-0.1, -0.05) is 6.92 Å². The van der Waals surface area contributed by atoms with Crippen molar-refractivity contribution < 1.29 is 9.59 Å². The fourth-order valence-corrected chi connectivity index (χ4v) is 1.35. The van der Waals surface area contributed by atoms with Crippen molar-refractivity contribution in [3.8, 4) is 0 Å². The summed E-state index contributed by atoms with van der Waals surface area (Å²) >= 11 is 0. The third-order valence-corrected chi connectivity index (χ3v) is 2.17. The average molecular weight is 234 g/mol. The summed E-state index contributed by atoms with van der Waals surface area (Å²) in [6.45, 7) is 3.41. The zero-order chi connectivity index (χ0) is 12.7. The van der Waals surface area contributed by atoms with Crippen LogP contribution in [0.25, 0.3) is 0 Å². The number of nitrogens with zero attached hydrogens (tertiary/aromatic N) is 1. The molecule has 1 rings (SSSR count). The molecule has 1 aromatic rings. The van der Waals surface area contributed by atoms with E-state index in [9.17, 15) is 9.59 Å². The Morgan fingerprint density at radius 1 is 1.47 bits per heavy atom. The molecule has 0 saturated heterocycles. The van der Waals surface area contributed by atoms with Gasteiger partial charge in [0.2, 0.25) is 11.8 Å². The maximum Gasteiger partial charge on any atom is 0.224 e. The van der Waals surface area contributed by atoms with Crippen LogP contribution in [0.15, 0.2) is 24.5 Å².